The SMILES string of the molecule is CCOc1cccc(Cn2c(C)cnc2N)c1. The lowest BCUT2D eigenvalue weighted by molar-refractivity contribution is 0.340. The largest absolute Gasteiger partial charge is 0.494 e. The third-order valence-corrected chi connectivity index (χ3v) is 2.64. The van der Waals surface area contributed by atoms with E-state index in [1.165, 1.54) is 0 Å². The van der Waals surface area contributed by atoms with Crippen LogP contribution in [0.25, 0.3) is 0 Å². The highest BCUT2D eigenvalue weighted by Crippen LogP contribution is 2.16. The van der Waals surface area contributed by atoms with Crippen LogP contribution in [-0.4, -0.2) is 16.2 Å². The van der Waals surface area contributed by atoms with Gasteiger partial charge in [-0.25, -0.2) is 4.98 Å². The molecule has 1 aromatic heterocycles. The minimum atomic E-state index is 0.546. The quantitative estimate of drug-likeness (QED) is 0.877. The van der Waals surface area contributed by atoms with Gasteiger partial charge in [0.2, 0.25) is 5.95 Å². The van der Waals surface area contributed by atoms with Gasteiger partial charge >= 0.3 is 0 Å². The fraction of sp³-hybridized carbons (Fsp3) is 0.308. The average Bonchev–Trinajstić information content (AvgIpc) is 2.62. The maximum atomic E-state index is 5.81. The van der Waals surface area contributed by atoms with Gasteiger partial charge in [0.1, 0.15) is 5.75 Å². The van der Waals surface area contributed by atoms with Crippen LogP contribution in [0.5, 0.6) is 5.75 Å². The van der Waals surface area contributed by atoms with Crippen molar-refractivity contribution in [3.05, 3.63) is 41.7 Å². The fourth-order valence-corrected chi connectivity index (χ4v) is 1.77. The highest BCUT2D eigenvalue weighted by molar-refractivity contribution is 5.31. The van der Waals surface area contributed by atoms with Gasteiger partial charge in [-0.3, -0.25) is 0 Å². The Bertz CT molecular complexity index is 486. The summed E-state index contributed by atoms with van der Waals surface area (Å²) >= 11 is 0. The summed E-state index contributed by atoms with van der Waals surface area (Å²) in [7, 11) is 0. The van der Waals surface area contributed by atoms with E-state index in [1.54, 1.807) is 6.20 Å². The number of anilines is 1. The van der Waals surface area contributed by atoms with Gasteiger partial charge in [0.05, 0.1) is 19.3 Å². The van der Waals surface area contributed by atoms with E-state index in [9.17, 15) is 0 Å². The molecule has 0 saturated heterocycles. The smallest absolute Gasteiger partial charge is 0.200 e. The summed E-state index contributed by atoms with van der Waals surface area (Å²) in [4.78, 5) is 4.08. The van der Waals surface area contributed by atoms with Crippen LogP contribution < -0.4 is 10.5 Å². The van der Waals surface area contributed by atoms with E-state index in [1.807, 2.05) is 36.6 Å². The molecule has 4 nitrogen and oxygen atoms in total. The predicted molar refractivity (Wildman–Crippen MR) is 68.1 cm³/mol. The molecule has 0 bridgehead atoms. The minimum absolute atomic E-state index is 0.546. The van der Waals surface area contributed by atoms with Crippen LogP contribution in [0.15, 0.2) is 30.5 Å². The molecule has 0 unspecified atom stereocenters. The van der Waals surface area contributed by atoms with Crippen LogP contribution in [-0.2, 0) is 6.54 Å². The van der Waals surface area contributed by atoms with Crippen molar-refractivity contribution in [3.63, 3.8) is 0 Å². The first-order chi connectivity index (χ1) is 8.20. The molecule has 2 rings (SSSR count). The summed E-state index contributed by atoms with van der Waals surface area (Å²) in [6.07, 6.45) is 1.78. The molecule has 2 N–H and O–H groups in total. The summed E-state index contributed by atoms with van der Waals surface area (Å²) < 4.78 is 7.45. The second-order valence-corrected chi connectivity index (χ2v) is 3.92. The van der Waals surface area contributed by atoms with Crippen LogP contribution in [0.3, 0.4) is 0 Å². The van der Waals surface area contributed by atoms with Crippen molar-refractivity contribution in [2.24, 2.45) is 0 Å². The van der Waals surface area contributed by atoms with E-state index in [-0.39, 0.29) is 0 Å². The van der Waals surface area contributed by atoms with Crippen molar-refractivity contribution >= 4 is 5.95 Å². The maximum absolute atomic E-state index is 5.81. The van der Waals surface area contributed by atoms with Gasteiger partial charge in [0.15, 0.2) is 0 Å². The van der Waals surface area contributed by atoms with Crippen molar-refractivity contribution in [2.45, 2.75) is 20.4 Å². The van der Waals surface area contributed by atoms with Crippen molar-refractivity contribution < 1.29 is 4.74 Å². The first-order valence-electron chi connectivity index (χ1n) is 5.70. The molecule has 17 heavy (non-hydrogen) atoms. The zero-order valence-electron chi connectivity index (χ0n) is 10.2. The Balaban J connectivity index is 2.21. The molecule has 0 radical (unpaired) electrons. The minimum Gasteiger partial charge on any atom is -0.494 e. The molecule has 0 saturated carbocycles. The van der Waals surface area contributed by atoms with Crippen molar-refractivity contribution in [1.29, 1.82) is 0 Å². The van der Waals surface area contributed by atoms with Gasteiger partial charge in [-0.1, -0.05) is 12.1 Å². The number of aryl methyl sites for hydroxylation is 1. The fourth-order valence-electron chi connectivity index (χ4n) is 1.77. The predicted octanol–water partition coefficient (Wildman–Crippen LogP) is 2.22. The molecule has 0 spiro atoms. The monoisotopic (exact) mass is 231 g/mol. The van der Waals surface area contributed by atoms with E-state index in [4.69, 9.17) is 10.5 Å². The Morgan fingerprint density at radius 3 is 2.88 bits per heavy atom. The topological polar surface area (TPSA) is 53.1 Å². The molecule has 0 amide bonds. The second-order valence-electron chi connectivity index (χ2n) is 3.92. The van der Waals surface area contributed by atoms with E-state index < -0.39 is 0 Å². The zero-order chi connectivity index (χ0) is 12.3. The number of ether oxygens (including phenoxy) is 1. The average molecular weight is 231 g/mol. The summed E-state index contributed by atoms with van der Waals surface area (Å²) in [6.45, 7) is 5.37. The summed E-state index contributed by atoms with van der Waals surface area (Å²) in [6, 6.07) is 8.03. The van der Waals surface area contributed by atoms with Crippen molar-refractivity contribution in [1.82, 2.24) is 9.55 Å². The highest BCUT2D eigenvalue weighted by Gasteiger charge is 2.04. The number of hydrogen-bond acceptors (Lipinski definition) is 3. The van der Waals surface area contributed by atoms with Crippen molar-refractivity contribution in [2.75, 3.05) is 12.3 Å². The number of nitrogen functional groups attached to an aromatic ring is 1. The van der Waals surface area contributed by atoms with E-state index in [0.717, 1.165) is 23.6 Å². The molecule has 0 atom stereocenters. The van der Waals surface area contributed by atoms with E-state index in [0.29, 0.717) is 12.6 Å². The van der Waals surface area contributed by atoms with Crippen LogP contribution in [0.4, 0.5) is 5.95 Å². The summed E-state index contributed by atoms with van der Waals surface area (Å²) in [5.41, 5.74) is 8.02. The molecule has 0 fully saturated rings. The first kappa shape index (κ1) is 11.5. The lowest BCUT2D eigenvalue weighted by Crippen LogP contribution is -2.06. The van der Waals surface area contributed by atoms with Crippen LogP contribution in [0.1, 0.15) is 18.2 Å². The normalized spacial score (nSPS) is 10.5. The van der Waals surface area contributed by atoms with E-state index in [2.05, 4.69) is 11.1 Å². The van der Waals surface area contributed by atoms with E-state index >= 15 is 0 Å². The van der Waals surface area contributed by atoms with Gasteiger partial charge in [0.25, 0.3) is 0 Å². The third kappa shape index (κ3) is 2.58. The Morgan fingerprint density at radius 1 is 1.41 bits per heavy atom. The number of hydrogen-bond donors (Lipinski definition) is 1. The van der Waals surface area contributed by atoms with Gasteiger partial charge in [-0.05, 0) is 31.5 Å². The zero-order valence-corrected chi connectivity index (χ0v) is 10.2. The highest BCUT2D eigenvalue weighted by atomic mass is 16.5. The molecule has 90 valence electrons. The second kappa shape index (κ2) is 4.91. The molecule has 0 aliphatic rings. The number of benzene rings is 1. The van der Waals surface area contributed by atoms with Gasteiger partial charge < -0.3 is 15.0 Å². The van der Waals surface area contributed by atoms with Crippen molar-refractivity contribution in [3.8, 4) is 5.75 Å². The summed E-state index contributed by atoms with van der Waals surface area (Å²) in [5.74, 6) is 1.44. The Morgan fingerprint density at radius 2 is 2.24 bits per heavy atom. The summed E-state index contributed by atoms with van der Waals surface area (Å²) in [5, 5.41) is 0. The molecule has 1 aromatic carbocycles. The number of imidazole rings is 1. The maximum Gasteiger partial charge on any atom is 0.200 e. The number of nitrogens with zero attached hydrogens (tertiary/aromatic N) is 2. The Hall–Kier alpha value is -1.97. The standard InChI is InChI=1S/C13H17N3O/c1-3-17-12-6-4-5-11(7-12)9-16-10(2)8-15-13(16)14/h4-8H,3,9H2,1-2H3,(H2,14,15). The lowest BCUT2D eigenvalue weighted by Gasteiger charge is -2.09. The number of aromatic nitrogens is 2. The van der Waals surface area contributed by atoms with Crippen LogP contribution >= 0.6 is 0 Å². The Labute approximate surface area is 101 Å². The first-order valence-corrected chi connectivity index (χ1v) is 5.70. The van der Waals surface area contributed by atoms with Gasteiger partial charge in [0, 0.05) is 5.69 Å². The molecule has 1 heterocycles. The third-order valence-electron chi connectivity index (χ3n) is 2.64. The van der Waals surface area contributed by atoms with Gasteiger partial charge in [-0.15, -0.1) is 0 Å². The van der Waals surface area contributed by atoms with Crippen LogP contribution in [0.2, 0.25) is 0 Å². The molecular formula is C13H17N3O. The Kier molecular flexibility index (Phi) is 3.32. The lowest BCUT2D eigenvalue weighted by atomic mass is 10.2. The van der Waals surface area contributed by atoms with Gasteiger partial charge in [-0.2, -0.15) is 0 Å². The van der Waals surface area contributed by atoms with Crippen LogP contribution in [0, 0.1) is 6.92 Å². The molecule has 2 aromatic rings. The molecule has 0 aliphatic heterocycles. The molecular weight excluding hydrogens is 214 g/mol. The number of nitrogens with two attached hydrogens (primary N) is 1. The molecule has 4 heteroatoms. The molecule has 0 aliphatic carbocycles. The number of rotatable bonds is 4.